The van der Waals surface area contributed by atoms with Gasteiger partial charge in [-0.1, -0.05) is 45.4 Å². The van der Waals surface area contributed by atoms with Gasteiger partial charge in [0.2, 0.25) is 5.91 Å². The number of amides is 3. The van der Waals surface area contributed by atoms with Crippen molar-refractivity contribution in [1.82, 2.24) is 16.0 Å². The minimum absolute atomic E-state index is 0.0247. The number of hydrogen-bond acceptors (Lipinski definition) is 10. The number of benzene rings is 1. The van der Waals surface area contributed by atoms with Crippen LogP contribution in [0.1, 0.15) is 104 Å². The summed E-state index contributed by atoms with van der Waals surface area (Å²) in [4.78, 5) is 48.9. The number of Topliss-reactive ketones (excluding diaryl/α,β-unsaturated/α-hetero) is 2. The lowest BCUT2D eigenvalue weighted by Gasteiger charge is -2.31. The molecule has 0 radical (unpaired) electrons. The first-order valence-electron chi connectivity index (χ1n) is 19.7. The number of unbranched alkanes of at least 4 members (excludes halogenated alkanes) is 3. The van der Waals surface area contributed by atoms with Gasteiger partial charge in [0.25, 0.3) is 7.37 Å². The van der Waals surface area contributed by atoms with E-state index in [0.717, 1.165) is 44.3 Å². The average Bonchev–Trinajstić information content (AvgIpc) is 3.69. The van der Waals surface area contributed by atoms with E-state index in [4.69, 9.17) is 18.7 Å². The molecule has 5 atom stereocenters. The fourth-order valence-electron chi connectivity index (χ4n) is 6.58. The highest BCUT2D eigenvalue weighted by atomic mass is 32.2. The van der Waals surface area contributed by atoms with E-state index in [-0.39, 0.29) is 48.6 Å². The molecular formula is C39H64N3O9PS. The van der Waals surface area contributed by atoms with Crippen molar-refractivity contribution < 1.29 is 42.5 Å². The number of ether oxygens (including phenoxy) is 3. The Morgan fingerprint density at radius 2 is 1.40 bits per heavy atom. The van der Waals surface area contributed by atoms with Crippen LogP contribution in [-0.4, -0.2) is 98.2 Å². The lowest BCUT2D eigenvalue weighted by Crippen LogP contribution is -2.40. The molecule has 1 unspecified atom stereocenters. The number of carbonyl (C=O) groups excluding carboxylic acids is 4. The lowest BCUT2D eigenvalue weighted by atomic mass is 10.0. The largest absolute Gasteiger partial charge is 0.441 e. The van der Waals surface area contributed by atoms with E-state index in [2.05, 4.69) is 16.0 Å². The molecule has 3 N–H and O–H groups in total. The molecule has 3 rings (SSSR count). The normalized spacial score (nSPS) is 19.6. The second-order valence-electron chi connectivity index (χ2n) is 14.3. The maximum atomic E-state index is 13.9. The zero-order valence-corrected chi connectivity index (χ0v) is 33.9. The van der Waals surface area contributed by atoms with Gasteiger partial charge in [0, 0.05) is 62.5 Å². The maximum Gasteiger partial charge on any atom is 0.315 e. The summed E-state index contributed by atoms with van der Waals surface area (Å²) < 4.78 is 36.7. The minimum atomic E-state index is -3.23. The number of carbonyl (C=O) groups is 4. The van der Waals surface area contributed by atoms with E-state index in [0.29, 0.717) is 94.7 Å². The summed E-state index contributed by atoms with van der Waals surface area (Å²) in [7, 11) is -3.23. The number of fused-ring (bicyclic) bond motifs is 1. The molecule has 14 heteroatoms. The molecule has 1 aromatic carbocycles. The average molecular weight is 782 g/mol. The van der Waals surface area contributed by atoms with Crippen LogP contribution < -0.4 is 20.5 Å². The Hall–Kier alpha value is -2.44. The Morgan fingerprint density at radius 3 is 2.00 bits per heavy atom. The molecule has 1 aromatic rings. The number of rotatable bonds is 31. The van der Waals surface area contributed by atoms with Crippen LogP contribution in [-0.2, 0) is 33.2 Å². The molecule has 12 nitrogen and oxygen atoms in total. The smallest absolute Gasteiger partial charge is 0.315 e. The van der Waals surface area contributed by atoms with Gasteiger partial charge in [0.15, 0.2) is 0 Å². The summed E-state index contributed by atoms with van der Waals surface area (Å²) >= 11 is 1.92. The third-order valence-electron chi connectivity index (χ3n) is 9.40. The molecule has 2 aliphatic rings. The predicted molar refractivity (Wildman–Crippen MR) is 210 cm³/mol. The number of ketones is 2. The van der Waals surface area contributed by atoms with E-state index < -0.39 is 13.2 Å². The molecule has 2 saturated heterocycles. The standard InChI is InChI=1S/C39H64N3O9PS/c1-4-28-52(47,51-33-17-6-5-7-18-33)38(30(2)3)41-36(45)21-20-32(44)16-11-13-23-49-25-27-50-26-24-48-22-12-10-15-31(43)14-8-9-19-35-37-34(29-53-35)40-39(46)42-37/h5-7,17-18,30,34-35,37-38H,4,8-16,19-29H2,1-3H3,(H,41,45)(H2,40,42,46)/t34-,35?,37-,38+,52+/m0/s1. The van der Waals surface area contributed by atoms with Crippen molar-refractivity contribution in [2.75, 3.05) is 51.6 Å². The molecule has 53 heavy (non-hydrogen) atoms. The van der Waals surface area contributed by atoms with Crippen LogP contribution in [0.3, 0.4) is 0 Å². The molecule has 3 amide bonds. The number of nitrogens with one attached hydrogen (secondary N) is 3. The highest BCUT2D eigenvalue weighted by molar-refractivity contribution is 8.00. The Balaban J connectivity index is 1.09. The molecule has 0 saturated carbocycles. The fraction of sp³-hybridized carbons (Fsp3) is 0.744. The van der Waals surface area contributed by atoms with Crippen LogP contribution >= 0.6 is 19.1 Å². The van der Waals surface area contributed by atoms with Gasteiger partial charge < -0.3 is 34.7 Å². The van der Waals surface area contributed by atoms with Crippen molar-refractivity contribution in [2.24, 2.45) is 5.92 Å². The van der Waals surface area contributed by atoms with E-state index in [1.54, 1.807) is 12.1 Å². The minimum Gasteiger partial charge on any atom is -0.441 e. The highest BCUT2D eigenvalue weighted by Crippen LogP contribution is 2.53. The zero-order valence-electron chi connectivity index (χ0n) is 32.2. The third kappa shape index (κ3) is 17.7. The number of urea groups is 1. The summed E-state index contributed by atoms with van der Waals surface area (Å²) in [5.41, 5.74) is 0. The molecule has 0 aliphatic carbocycles. The van der Waals surface area contributed by atoms with Gasteiger partial charge in [-0.3, -0.25) is 18.9 Å². The summed E-state index contributed by atoms with van der Waals surface area (Å²) in [6.07, 6.45) is 8.91. The van der Waals surface area contributed by atoms with E-state index in [9.17, 15) is 23.7 Å². The van der Waals surface area contributed by atoms with Crippen LogP contribution in [0, 0.1) is 5.92 Å². The van der Waals surface area contributed by atoms with E-state index in [1.807, 2.05) is 50.7 Å². The van der Waals surface area contributed by atoms with Crippen molar-refractivity contribution >= 4 is 42.6 Å². The van der Waals surface area contributed by atoms with Crippen molar-refractivity contribution in [2.45, 2.75) is 127 Å². The maximum absolute atomic E-state index is 13.9. The predicted octanol–water partition coefficient (Wildman–Crippen LogP) is 6.89. The Bertz CT molecular complexity index is 1290. The first-order valence-corrected chi connectivity index (χ1v) is 22.6. The first kappa shape index (κ1) is 45.0. The van der Waals surface area contributed by atoms with Crippen molar-refractivity contribution in [3.05, 3.63) is 30.3 Å². The summed E-state index contributed by atoms with van der Waals surface area (Å²) in [6.45, 7) is 8.85. The summed E-state index contributed by atoms with van der Waals surface area (Å²) in [6, 6.07) is 9.47. The van der Waals surface area contributed by atoms with Gasteiger partial charge in [-0.15, -0.1) is 0 Å². The molecule has 0 spiro atoms. The van der Waals surface area contributed by atoms with E-state index >= 15 is 0 Å². The van der Waals surface area contributed by atoms with Crippen LogP contribution in [0.15, 0.2) is 30.3 Å². The van der Waals surface area contributed by atoms with Crippen LogP contribution in [0.25, 0.3) is 0 Å². The van der Waals surface area contributed by atoms with Crippen LogP contribution in [0.2, 0.25) is 0 Å². The molecule has 2 heterocycles. The quantitative estimate of drug-likeness (QED) is 0.0412. The lowest BCUT2D eigenvalue weighted by molar-refractivity contribution is -0.125. The molecule has 0 bridgehead atoms. The second kappa shape index (κ2) is 25.6. The fourth-order valence-corrected chi connectivity index (χ4v) is 11.0. The first-order chi connectivity index (χ1) is 25.6. The Kier molecular flexibility index (Phi) is 21.7. The van der Waals surface area contributed by atoms with Gasteiger partial charge in [-0.2, -0.15) is 11.8 Å². The number of thioether (sulfide) groups is 1. The molecule has 300 valence electrons. The topological polar surface area (TPSA) is 158 Å². The van der Waals surface area contributed by atoms with Crippen molar-refractivity contribution in [1.29, 1.82) is 0 Å². The van der Waals surface area contributed by atoms with E-state index in [1.165, 1.54) is 0 Å². The Labute approximate surface area is 321 Å². The van der Waals surface area contributed by atoms with Gasteiger partial charge in [-0.05, 0) is 63.0 Å². The van der Waals surface area contributed by atoms with Crippen molar-refractivity contribution in [3.63, 3.8) is 0 Å². The molecule has 2 aliphatic heterocycles. The number of para-hydroxylation sites is 1. The molecular weight excluding hydrogens is 717 g/mol. The van der Waals surface area contributed by atoms with Gasteiger partial charge >= 0.3 is 6.03 Å². The molecule has 0 aromatic heterocycles. The SMILES string of the molecule is CCC[P@@](=O)(Oc1ccccc1)[C@@H](NC(=O)CCC(=O)CCCCOCCOCCOCCCCC(=O)CCCCC1SC[C@@H]2NC(=O)N[C@H]12)C(C)C. The summed E-state index contributed by atoms with van der Waals surface area (Å²) in [5.74, 6) is 0.802. The zero-order chi connectivity index (χ0) is 38.3. The monoisotopic (exact) mass is 781 g/mol. The molecule has 2 fully saturated rings. The van der Waals surface area contributed by atoms with Gasteiger partial charge in [0.05, 0.1) is 38.5 Å². The van der Waals surface area contributed by atoms with Gasteiger partial charge in [-0.25, -0.2) is 4.79 Å². The Morgan fingerprint density at radius 1 is 0.811 bits per heavy atom. The number of hydrogen-bond donors (Lipinski definition) is 3. The third-order valence-corrected chi connectivity index (χ3v) is 14.1. The van der Waals surface area contributed by atoms with Crippen LogP contribution in [0.4, 0.5) is 4.79 Å². The second-order valence-corrected chi connectivity index (χ2v) is 18.2. The highest BCUT2D eigenvalue weighted by Gasteiger charge is 2.42. The summed E-state index contributed by atoms with van der Waals surface area (Å²) in [5, 5.41) is 9.35. The van der Waals surface area contributed by atoms with Crippen molar-refractivity contribution in [3.8, 4) is 5.75 Å². The van der Waals surface area contributed by atoms with Gasteiger partial charge in [0.1, 0.15) is 23.1 Å². The van der Waals surface area contributed by atoms with Crippen LogP contribution in [0.5, 0.6) is 5.75 Å².